The number of nitrogens with two attached hydrogens (primary N) is 1. The molecule has 0 saturated heterocycles. The van der Waals surface area contributed by atoms with E-state index in [0.29, 0.717) is 0 Å². The molecule has 2 rings (SSSR count). The maximum absolute atomic E-state index is 5.93. The van der Waals surface area contributed by atoms with E-state index in [4.69, 9.17) is 5.84 Å². The van der Waals surface area contributed by atoms with Crippen LogP contribution in [0.25, 0.3) is 0 Å². The van der Waals surface area contributed by atoms with Crippen molar-refractivity contribution in [2.75, 3.05) is 14.1 Å². The summed E-state index contributed by atoms with van der Waals surface area (Å²) in [6.07, 6.45) is 8.95. The number of nitrogens with zero attached hydrogens (tertiary/aromatic N) is 3. The van der Waals surface area contributed by atoms with Gasteiger partial charge in [-0.25, -0.2) is 0 Å². The van der Waals surface area contributed by atoms with E-state index in [2.05, 4.69) is 49.6 Å². The predicted molar refractivity (Wildman–Crippen MR) is 82.0 cm³/mol. The Bertz CT molecular complexity index is 418. The molecule has 3 N–H and O–H groups in total. The molecule has 1 saturated carbocycles. The first-order valence-corrected chi connectivity index (χ1v) is 7.69. The summed E-state index contributed by atoms with van der Waals surface area (Å²) in [4.78, 5) is 2.35. The monoisotopic (exact) mass is 279 g/mol. The quantitative estimate of drug-likeness (QED) is 0.638. The van der Waals surface area contributed by atoms with Gasteiger partial charge in [0.25, 0.3) is 0 Å². The molecule has 1 fully saturated rings. The van der Waals surface area contributed by atoms with Crippen LogP contribution in [0, 0.1) is 5.92 Å². The van der Waals surface area contributed by atoms with Crippen LogP contribution in [-0.4, -0.2) is 34.3 Å². The van der Waals surface area contributed by atoms with Crippen molar-refractivity contribution >= 4 is 0 Å². The van der Waals surface area contributed by atoms with Crippen molar-refractivity contribution in [2.24, 2.45) is 11.8 Å². The van der Waals surface area contributed by atoms with Crippen molar-refractivity contribution in [1.29, 1.82) is 0 Å². The van der Waals surface area contributed by atoms with Gasteiger partial charge in [0.15, 0.2) is 0 Å². The number of rotatable bonds is 5. The smallest absolute Gasteiger partial charge is 0.0674 e. The van der Waals surface area contributed by atoms with E-state index >= 15 is 0 Å². The zero-order valence-electron chi connectivity index (χ0n) is 13.3. The molecule has 0 aliphatic heterocycles. The lowest BCUT2D eigenvalue weighted by molar-refractivity contribution is 0.0428. The van der Waals surface area contributed by atoms with Gasteiger partial charge in [-0.15, -0.1) is 0 Å². The second-order valence-electron chi connectivity index (χ2n) is 6.41. The Balaban J connectivity index is 2.30. The molecule has 1 aromatic rings. The number of aryl methyl sites for hydroxylation is 1. The lowest BCUT2D eigenvalue weighted by Crippen LogP contribution is -2.56. The summed E-state index contributed by atoms with van der Waals surface area (Å²) in [6.45, 7) is 5.34. The van der Waals surface area contributed by atoms with E-state index < -0.39 is 0 Å². The van der Waals surface area contributed by atoms with Crippen molar-refractivity contribution in [3.63, 3.8) is 0 Å². The molecule has 0 amide bonds. The van der Waals surface area contributed by atoms with Crippen LogP contribution in [0.5, 0.6) is 0 Å². The average Bonchev–Trinajstić information content (AvgIpc) is 2.90. The third kappa shape index (κ3) is 2.75. The topological polar surface area (TPSA) is 59.1 Å². The molecule has 1 aliphatic rings. The van der Waals surface area contributed by atoms with Gasteiger partial charge in [0.2, 0.25) is 0 Å². The zero-order chi connectivity index (χ0) is 14.8. The Hall–Kier alpha value is -0.910. The Morgan fingerprint density at radius 2 is 2.15 bits per heavy atom. The summed E-state index contributed by atoms with van der Waals surface area (Å²) in [5.41, 5.74) is 4.35. The average molecular weight is 279 g/mol. The molecule has 1 atom stereocenters. The standard InChI is InChI=1S/C15H29N5/c1-5-20-11-13(10-17-20)14(18-16)15(19(3)4)8-6-12(2)7-9-15/h10-12,14,18H,5-9,16H2,1-4H3. The Morgan fingerprint density at radius 1 is 1.50 bits per heavy atom. The summed E-state index contributed by atoms with van der Waals surface area (Å²) >= 11 is 0. The molecule has 1 heterocycles. The van der Waals surface area contributed by atoms with Gasteiger partial charge in [-0.05, 0) is 52.6 Å². The number of hydrazine groups is 1. The highest BCUT2D eigenvalue weighted by molar-refractivity contribution is 5.18. The van der Waals surface area contributed by atoms with Gasteiger partial charge in [-0.3, -0.25) is 16.0 Å². The number of aromatic nitrogens is 2. The maximum Gasteiger partial charge on any atom is 0.0674 e. The van der Waals surface area contributed by atoms with E-state index in [1.807, 2.05) is 10.9 Å². The summed E-state index contributed by atoms with van der Waals surface area (Å²) in [5, 5.41) is 4.41. The van der Waals surface area contributed by atoms with E-state index in [1.54, 1.807) is 0 Å². The van der Waals surface area contributed by atoms with Crippen LogP contribution in [0.3, 0.4) is 0 Å². The fraction of sp³-hybridized carbons (Fsp3) is 0.800. The van der Waals surface area contributed by atoms with Gasteiger partial charge in [-0.2, -0.15) is 5.10 Å². The van der Waals surface area contributed by atoms with Crippen LogP contribution in [0.4, 0.5) is 0 Å². The van der Waals surface area contributed by atoms with E-state index in [0.717, 1.165) is 12.5 Å². The summed E-state index contributed by atoms with van der Waals surface area (Å²) in [7, 11) is 4.34. The lowest BCUT2D eigenvalue weighted by atomic mass is 9.71. The van der Waals surface area contributed by atoms with Crippen molar-refractivity contribution < 1.29 is 0 Å². The van der Waals surface area contributed by atoms with Gasteiger partial charge in [-0.1, -0.05) is 6.92 Å². The predicted octanol–water partition coefficient (Wildman–Crippen LogP) is 1.92. The van der Waals surface area contributed by atoms with Crippen LogP contribution in [-0.2, 0) is 6.54 Å². The molecule has 5 heteroatoms. The summed E-state index contributed by atoms with van der Waals surface area (Å²) in [6, 6.07) is 0.130. The Labute approximate surface area is 122 Å². The number of nitrogens with one attached hydrogen (secondary N) is 1. The first-order valence-electron chi connectivity index (χ1n) is 7.69. The van der Waals surface area contributed by atoms with Crippen molar-refractivity contribution in [3.05, 3.63) is 18.0 Å². The highest BCUT2D eigenvalue weighted by Crippen LogP contribution is 2.43. The summed E-state index contributed by atoms with van der Waals surface area (Å²) in [5.74, 6) is 6.75. The molecule has 1 aliphatic carbocycles. The van der Waals surface area contributed by atoms with Crippen LogP contribution >= 0.6 is 0 Å². The van der Waals surface area contributed by atoms with Gasteiger partial charge >= 0.3 is 0 Å². The van der Waals surface area contributed by atoms with E-state index in [-0.39, 0.29) is 11.6 Å². The first-order chi connectivity index (χ1) is 9.53. The Kier molecular flexibility index (Phi) is 4.83. The van der Waals surface area contributed by atoms with Crippen molar-refractivity contribution in [2.45, 2.75) is 57.7 Å². The molecular formula is C15H29N5. The second kappa shape index (κ2) is 6.24. The van der Waals surface area contributed by atoms with Crippen LogP contribution < -0.4 is 11.3 Å². The highest BCUT2D eigenvalue weighted by atomic mass is 15.3. The van der Waals surface area contributed by atoms with Crippen LogP contribution in [0.2, 0.25) is 0 Å². The summed E-state index contributed by atoms with van der Waals surface area (Å²) < 4.78 is 1.97. The largest absolute Gasteiger partial charge is 0.302 e. The molecule has 0 spiro atoms. The minimum Gasteiger partial charge on any atom is -0.302 e. The molecule has 20 heavy (non-hydrogen) atoms. The SMILES string of the molecule is CCn1cc(C(NN)C2(N(C)C)CCC(C)CC2)cn1. The van der Waals surface area contributed by atoms with Gasteiger partial charge in [0.1, 0.15) is 0 Å². The molecule has 1 aromatic heterocycles. The normalized spacial score (nSPS) is 28.8. The maximum atomic E-state index is 5.93. The zero-order valence-corrected chi connectivity index (χ0v) is 13.3. The van der Waals surface area contributed by atoms with E-state index in [1.165, 1.54) is 31.2 Å². The first kappa shape index (κ1) is 15.5. The molecular weight excluding hydrogens is 250 g/mol. The lowest BCUT2D eigenvalue weighted by Gasteiger charge is -2.49. The molecule has 0 radical (unpaired) electrons. The molecule has 0 bridgehead atoms. The van der Waals surface area contributed by atoms with Crippen LogP contribution in [0.1, 0.15) is 51.1 Å². The fourth-order valence-corrected chi connectivity index (χ4v) is 3.52. The fourth-order valence-electron chi connectivity index (χ4n) is 3.52. The third-order valence-electron chi connectivity index (χ3n) is 5.05. The third-order valence-corrected chi connectivity index (χ3v) is 5.05. The molecule has 5 nitrogen and oxygen atoms in total. The van der Waals surface area contributed by atoms with Gasteiger partial charge in [0, 0.05) is 23.8 Å². The van der Waals surface area contributed by atoms with E-state index in [9.17, 15) is 0 Å². The van der Waals surface area contributed by atoms with Crippen LogP contribution in [0.15, 0.2) is 12.4 Å². The number of likely N-dealkylation sites (N-methyl/N-ethyl adjacent to an activating group) is 1. The highest BCUT2D eigenvalue weighted by Gasteiger charge is 2.43. The molecule has 114 valence electrons. The molecule has 1 unspecified atom stereocenters. The minimum absolute atomic E-state index is 0.0862. The minimum atomic E-state index is 0.0862. The Morgan fingerprint density at radius 3 is 2.60 bits per heavy atom. The number of hydrogen-bond acceptors (Lipinski definition) is 4. The second-order valence-corrected chi connectivity index (χ2v) is 6.41. The number of hydrogen-bond donors (Lipinski definition) is 2. The van der Waals surface area contributed by atoms with Gasteiger partial charge < -0.3 is 4.90 Å². The van der Waals surface area contributed by atoms with Crippen molar-refractivity contribution in [1.82, 2.24) is 20.1 Å². The van der Waals surface area contributed by atoms with Crippen molar-refractivity contribution in [3.8, 4) is 0 Å². The molecule has 0 aromatic carbocycles. The van der Waals surface area contributed by atoms with Gasteiger partial charge in [0.05, 0.1) is 12.2 Å².